The third kappa shape index (κ3) is 3.53. The Morgan fingerprint density at radius 1 is 1.43 bits per heavy atom. The summed E-state index contributed by atoms with van der Waals surface area (Å²) in [5.41, 5.74) is -0.347. The van der Waals surface area contributed by atoms with Gasteiger partial charge in [-0.2, -0.15) is 0 Å². The first-order chi connectivity index (χ1) is 6.47. The third-order valence-corrected chi connectivity index (χ3v) is 3.53. The smallest absolute Gasteiger partial charge is 0.209 e. The average Bonchev–Trinajstić information content (AvgIpc) is 2.02. The Morgan fingerprint density at radius 3 is 2.43 bits per heavy atom. The number of methoxy groups -OCH3 is 1. The molecule has 6 heteroatoms. The fourth-order valence-corrected chi connectivity index (χ4v) is 3.09. The molecule has 1 saturated heterocycles. The molecule has 1 aliphatic heterocycles. The minimum Gasteiger partial charge on any atom is -0.384 e. The molecular weight excluding hydrogens is 206 g/mol. The fraction of sp³-hybridized carbons (Fsp3) is 1.00. The summed E-state index contributed by atoms with van der Waals surface area (Å²) in [6.45, 7) is 1.59. The molecule has 14 heavy (non-hydrogen) atoms. The van der Waals surface area contributed by atoms with Gasteiger partial charge in [-0.25, -0.2) is 13.6 Å². The Balaban J connectivity index is 2.70. The Bertz CT molecular complexity index is 264. The van der Waals surface area contributed by atoms with E-state index < -0.39 is 10.0 Å². The maximum Gasteiger partial charge on any atom is 0.209 e. The first-order valence-electron chi connectivity index (χ1n) is 4.55. The average molecular weight is 223 g/mol. The van der Waals surface area contributed by atoms with E-state index in [9.17, 15) is 8.42 Å². The first-order valence-corrected chi connectivity index (χ1v) is 6.26. The van der Waals surface area contributed by atoms with Crippen molar-refractivity contribution in [3.8, 4) is 0 Å². The van der Waals surface area contributed by atoms with E-state index in [0.717, 1.165) is 0 Å². The summed E-state index contributed by atoms with van der Waals surface area (Å²) >= 11 is 0. The Morgan fingerprint density at radius 2 is 2.00 bits per heavy atom. The number of primary sulfonamides is 1. The lowest BCUT2D eigenvalue weighted by Gasteiger charge is -2.35. The van der Waals surface area contributed by atoms with Gasteiger partial charge in [-0.15, -0.1) is 0 Å². The molecule has 1 heterocycles. The van der Waals surface area contributed by atoms with Crippen LogP contribution in [-0.4, -0.2) is 41.1 Å². The molecule has 0 amide bonds. The van der Waals surface area contributed by atoms with Crippen LogP contribution in [0.15, 0.2) is 0 Å². The standard InChI is InChI=1S/C8H17NO4S/c1-12-6-8(7-14(9,10)11)2-4-13-5-3-8/h2-7H2,1H3,(H2,9,10,11). The molecule has 0 radical (unpaired) electrons. The van der Waals surface area contributed by atoms with Gasteiger partial charge in [0.1, 0.15) is 0 Å². The second-order valence-corrected chi connectivity index (χ2v) is 5.47. The predicted molar refractivity (Wildman–Crippen MR) is 52.3 cm³/mol. The molecule has 0 aromatic rings. The topological polar surface area (TPSA) is 78.6 Å². The zero-order valence-corrected chi connectivity index (χ0v) is 9.18. The van der Waals surface area contributed by atoms with Crippen molar-refractivity contribution < 1.29 is 17.9 Å². The van der Waals surface area contributed by atoms with Crippen LogP contribution in [0.2, 0.25) is 0 Å². The van der Waals surface area contributed by atoms with E-state index in [1.54, 1.807) is 7.11 Å². The number of hydrogen-bond acceptors (Lipinski definition) is 4. The summed E-state index contributed by atoms with van der Waals surface area (Å²) in [6.07, 6.45) is 1.38. The van der Waals surface area contributed by atoms with Gasteiger partial charge >= 0.3 is 0 Å². The van der Waals surface area contributed by atoms with Crippen molar-refractivity contribution in [2.24, 2.45) is 10.6 Å². The highest BCUT2D eigenvalue weighted by Gasteiger charge is 2.36. The van der Waals surface area contributed by atoms with Gasteiger partial charge in [-0.1, -0.05) is 0 Å². The Labute approximate surface area is 84.6 Å². The molecule has 5 nitrogen and oxygen atoms in total. The molecule has 0 aromatic carbocycles. The second kappa shape index (κ2) is 4.57. The largest absolute Gasteiger partial charge is 0.384 e. The lowest BCUT2D eigenvalue weighted by Crippen LogP contribution is -2.41. The molecule has 0 saturated carbocycles. The summed E-state index contributed by atoms with van der Waals surface area (Å²) < 4.78 is 32.4. The first kappa shape index (κ1) is 11.9. The van der Waals surface area contributed by atoms with Crippen molar-refractivity contribution in [2.75, 3.05) is 32.7 Å². The number of rotatable bonds is 4. The third-order valence-electron chi connectivity index (χ3n) is 2.51. The Kier molecular flexibility index (Phi) is 3.88. The van der Waals surface area contributed by atoms with E-state index in [-0.39, 0.29) is 11.2 Å². The van der Waals surface area contributed by atoms with Crippen LogP contribution in [0.25, 0.3) is 0 Å². The van der Waals surface area contributed by atoms with Gasteiger partial charge in [-0.3, -0.25) is 0 Å². The van der Waals surface area contributed by atoms with Crippen LogP contribution in [0.4, 0.5) is 0 Å². The van der Waals surface area contributed by atoms with E-state index in [2.05, 4.69) is 0 Å². The molecule has 1 fully saturated rings. The summed E-state index contributed by atoms with van der Waals surface area (Å²) in [5.74, 6) is -0.0167. The molecule has 0 aliphatic carbocycles. The maximum absolute atomic E-state index is 11.1. The van der Waals surface area contributed by atoms with Gasteiger partial charge in [-0.05, 0) is 12.8 Å². The highest BCUT2D eigenvalue weighted by Crippen LogP contribution is 2.31. The van der Waals surface area contributed by atoms with Gasteiger partial charge < -0.3 is 9.47 Å². The van der Waals surface area contributed by atoms with Crippen molar-refractivity contribution in [3.63, 3.8) is 0 Å². The molecule has 1 aliphatic rings. The summed E-state index contributed by atoms with van der Waals surface area (Å²) in [7, 11) is -1.87. The number of hydrogen-bond donors (Lipinski definition) is 1. The van der Waals surface area contributed by atoms with Crippen LogP contribution in [0.1, 0.15) is 12.8 Å². The van der Waals surface area contributed by atoms with Crippen LogP contribution < -0.4 is 5.14 Å². The highest BCUT2D eigenvalue weighted by atomic mass is 32.2. The van der Waals surface area contributed by atoms with E-state index in [1.807, 2.05) is 0 Å². The SMILES string of the molecule is COCC1(CS(N)(=O)=O)CCOCC1. The molecular formula is C8H17NO4S. The molecule has 0 unspecified atom stereocenters. The number of nitrogens with two attached hydrogens (primary N) is 1. The number of sulfonamides is 1. The van der Waals surface area contributed by atoms with Crippen molar-refractivity contribution in [1.29, 1.82) is 0 Å². The summed E-state index contributed by atoms with van der Waals surface area (Å²) in [4.78, 5) is 0. The molecule has 0 spiro atoms. The van der Waals surface area contributed by atoms with Crippen LogP contribution in [0.3, 0.4) is 0 Å². The zero-order valence-electron chi connectivity index (χ0n) is 8.36. The Hall–Kier alpha value is -0.170. The van der Waals surface area contributed by atoms with Gasteiger partial charge in [0.05, 0.1) is 12.4 Å². The summed E-state index contributed by atoms with van der Waals surface area (Å²) in [5, 5.41) is 5.06. The van der Waals surface area contributed by atoms with Crippen LogP contribution >= 0.6 is 0 Å². The van der Waals surface area contributed by atoms with Crippen LogP contribution in [0, 0.1) is 5.41 Å². The van der Waals surface area contributed by atoms with Crippen molar-refractivity contribution in [2.45, 2.75) is 12.8 Å². The van der Waals surface area contributed by atoms with Crippen molar-refractivity contribution in [3.05, 3.63) is 0 Å². The van der Waals surface area contributed by atoms with Crippen LogP contribution in [-0.2, 0) is 19.5 Å². The van der Waals surface area contributed by atoms with E-state index in [1.165, 1.54) is 0 Å². The molecule has 2 N–H and O–H groups in total. The van der Waals surface area contributed by atoms with E-state index in [0.29, 0.717) is 32.7 Å². The molecule has 0 atom stereocenters. The lowest BCUT2D eigenvalue weighted by atomic mass is 9.83. The lowest BCUT2D eigenvalue weighted by molar-refractivity contribution is -0.0155. The van der Waals surface area contributed by atoms with E-state index >= 15 is 0 Å². The summed E-state index contributed by atoms with van der Waals surface area (Å²) in [6, 6.07) is 0. The second-order valence-electron chi connectivity index (χ2n) is 3.85. The van der Waals surface area contributed by atoms with Crippen molar-refractivity contribution in [1.82, 2.24) is 0 Å². The highest BCUT2D eigenvalue weighted by molar-refractivity contribution is 7.89. The minimum atomic E-state index is -3.44. The normalized spacial score (nSPS) is 22.1. The van der Waals surface area contributed by atoms with Gasteiger partial charge in [0, 0.05) is 25.7 Å². The van der Waals surface area contributed by atoms with Gasteiger partial charge in [0.25, 0.3) is 0 Å². The zero-order chi connectivity index (χ0) is 10.7. The predicted octanol–water partition coefficient (Wildman–Crippen LogP) is -0.282. The van der Waals surface area contributed by atoms with Gasteiger partial charge in [0.15, 0.2) is 0 Å². The molecule has 0 bridgehead atoms. The maximum atomic E-state index is 11.1. The van der Waals surface area contributed by atoms with Gasteiger partial charge in [0.2, 0.25) is 10.0 Å². The monoisotopic (exact) mass is 223 g/mol. The van der Waals surface area contributed by atoms with Crippen LogP contribution in [0.5, 0.6) is 0 Å². The molecule has 1 rings (SSSR count). The quantitative estimate of drug-likeness (QED) is 0.711. The molecule has 0 aromatic heterocycles. The van der Waals surface area contributed by atoms with E-state index in [4.69, 9.17) is 14.6 Å². The van der Waals surface area contributed by atoms with Crippen molar-refractivity contribution >= 4 is 10.0 Å². The minimum absolute atomic E-state index is 0.0167. The molecule has 84 valence electrons. The number of ether oxygens (including phenoxy) is 2. The fourth-order valence-electron chi connectivity index (χ4n) is 1.87.